The third-order valence-corrected chi connectivity index (χ3v) is 5.79. The lowest BCUT2D eigenvalue weighted by molar-refractivity contribution is 0.455. The Kier molecular flexibility index (Phi) is 6.26. The van der Waals surface area contributed by atoms with Gasteiger partial charge in [-0.05, 0) is 50.4 Å². The van der Waals surface area contributed by atoms with E-state index in [1.165, 1.54) is 17.7 Å². The summed E-state index contributed by atoms with van der Waals surface area (Å²) in [5, 5.41) is 0.566. The first kappa shape index (κ1) is 21.4. The number of para-hydroxylation sites is 1. The lowest BCUT2D eigenvalue weighted by Gasteiger charge is -2.21. The standard InChI is InChI=1S/C27H25ClFNO/c1-18-8-10-20(11-9-18)27-26(28)23(16-17-30(2)3)25(19-12-14-21(29)15-13-19)22-6-4-5-7-24(22)31-27/h4-16,25H,17H2,1-3H3/b23-16-. The monoisotopic (exact) mass is 433 g/mol. The van der Waals surface area contributed by atoms with E-state index in [9.17, 15) is 4.39 Å². The fourth-order valence-corrected chi connectivity index (χ4v) is 4.12. The molecule has 0 aliphatic carbocycles. The Labute approximate surface area is 188 Å². The summed E-state index contributed by atoms with van der Waals surface area (Å²) >= 11 is 7.07. The van der Waals surface area contributed by atoms with E-state index in [4.69, 9.17) is 16.3 Å². The van der Waals surface area contributed by atoms with Gasteiger partial charge in [0.25, 0.3) is 0 Å². The van der Waals surface area contributed by atoms with Crippen molar-refractivity contribution < 1.29 is 9.13 Å². The van der Waals surface area contributed by atoms with Crippen molar-refractivity contribution in [2.24, 2.45) is 0 Å². The van der Waals surface area contributed by atoms with Gasteiger partial charge in [-0.1, -0.05) is 77.8 Å². The molecule has 0 aromatic heterocycles. The molecular formula is C27H25ClFNO. The highest BCUT2D eigenvalue weighted by Crippen LogP contribution is 2.47. The maximum Gasteiger partial charge on any atom is 0.153 e. The highest BCUT2D eigenvalue weighted by Gasteiger charge is 2.30. The van der Waals surface area contributed by atoms with Crippen LogP contribution in [0, 0.1) is 12.7 Å². The number of nitrogens with zero attached hydrogens (tertiary/aromatic N) is 1. The summed E-state index contributed by atoms with van der Waals surface area (Å²) in [4.78, 5) is 2.09. The van der Waals surface area contributed by atoms with Gasteiger partial charge in [-0.15, -0.1) is 0 Å². The zero-order chi connectivity index (χ0) is 22.0. The number of fused-ring (bicyclic) bond motifs is 1. The number of rotatable bonds is 4. The van der Waals surface area contributed by atoms with Crippen LogP contribution in [0.2, 0.25) is 0 Å². The predicted molar refractivity (Wildman–Crippen MR) is 126 cm³/mol. The molecule has 1 atom stereocenters. The maximum atomic E-state index is 13.7. The van der Waals surface area contributed by atoms with E-state index in [-0.39, 0.29) is 11.7 Å². The van der Waals surface area contributed by atoms with Crippen LogP contribution in [0.3, 0.4) is 0 Å². The van der Waals surface area contributed by atoms with Gasteiger partial charge in [-0.2, -0.15) is 0 Å². The van der Waals surface area contributed by atoms with Crippen LogP contribution in [-0.2, 0) is 0 Å². The molecule has 158 valence electrons. The Morgan fingerprint density at radius 1 is 0.968 bits per heavy atom. The first-order chi connectivity index (χ1) is 14.9. The van der Waals surface area contributed by atoms with Gasteiger partial charge in [0.05, 0.1) is 5.03 Å². The first-order valence-corrected chi connectivity index (χ1v) is 10.7. The first-order valence-electron chi connectivity index (χ1n) is 10.3. The van der Waals surface area contributed by atoms with Gasteiger partial charge in [-0.25, -0.2) is 4.39 Å². The number of halogens is 2. The van der Waals surface area contributed by atoms with Crippen molar-refractivity contribution in [1.82, 2.24) is 4.90 Å². The minimum Gasteiger partial charge on any atom is -0.455 e. The van der Waals surface area contributed by atoms with Crippen molar-refractivity contribution >= 4 is 17.4 Å². The molecule has 4 rings (SSSR count). The molecule has 0 amide bonds. The second-order valence-corrected chi connectivity index (χ2v) is 8.43. The molecule has 1 aliphatic heterocycles. The van der Waals surface area contributed by atoms with Crippen molar-refractivity contribution in [2.45, 2.75) is 12.8 Å². The molecule has 0 saturated carbocycles. The second kappa shape index (κ2) is 9.09. The fourth-order valence-electron chi connectivity index (χ4n) is 3.79. The van der Waals surface area contributed by atoms with Gasteiger partial charge in [0.15, 0.2) is 5.76 Å². The normalized spacial score (nSPS) is 17.5. The van der Waals surface area contributed by atoms with E-state index < -0.39 is 0 Å². The largest absolute Gasteiger partial charge is 0.455 e. The topological polar surface area (TPSA) is 12.5 Å². The summed E-state index contributed by atoms with van der Waals surface area (Å²) in [7, 11) is 4.03. The minimum absolute atomic E-state index is 0.174. The van der Waals surface area contributed by atoms with E-state index in [0.717, 1.165) is 28.0 Å². The third-order valence-electron chi connectivity index (χ3n) is 5.40. The Hall–Kier alpha value is -2.88. The zero-order valence-corrected chi connectivity index (χ0v) is 18.7. The van der Waals surface area contributed by atoms with Gasteiger partial charge >= 0.3 is 0 Å². The van der Waals surface area contributed by atoms with Crippen LogP contribution >= 0.6 is 11.6 Å². The fraction of sp³-hybridized carbons (Fsp3) is 0.185. The van der Waals surface area contributed by atoms with Gasteiger partial charge in [0.2, 0.25) is 0 Å². The van der Waals surface area contributed by atoms with E-state index in [0.29, 0.717) is 17.3 Å². The molecule has 0 radical (unpaired) electrons. The number of benzene rings is 3. The number of ether oxygens (including phenoxy) is 1. The molecule has 4 heteroatoms. The average Bonchev–Trinajstić information content (AvgIpc) is 2.88. The molecule has 1 heterocycles. The molecular weight excluding hydrogens is 409 g/mol. The smallest absolute Gasteiger partial charge is 0.153 e. The summed E-state index contributed by atoms with van der Waals surface area (Å²) < 4.78 is 20.1. The number of allylic oxidation sites excluding steroid dienone is 2. The SMILES string of the molecule is Cc1ccc(C2=C(Cl)/C(=C\CN(C)C)C(c3ccc(F)cc3)c3ccccc3O2)cc1. The van der Waals surface area contributed by atoms with Crippen LogP contribution in [0.15, 0.2) is 89.5 Å². The quantitative estimate of drug-likeness (QED) is 0.451. The molecule has 3 aromatic rings. The van der Waals surface area contributed by atoms with Crippen molar-refractivity contribution in [2.75, 3.05) is 20.6 Å². The van der Waals surface area contributed by atoms with Crippen molar-refractivity contribution in [1.29, 1.82) is 0 Å². The van der Waals surface area contributed by atoms with Crippen LogP contribution in [0.4, 0.5) is 4.39 Å². The van der Waals surface area contributed by atoms with Gasteiger partial charge in [0.1, 0.15) is 11.6 Å². The van der Waals surface area contributed by atoms with Gasteiger partial charge < -0.3 is 9.64 Å². The van der Waals surface area contributed by atoms with Crippen LogP contribution in [0.25, 0.3) is 5.76 Å². The molecule has 3 aromatic carbocycles. The van der Waals surface area contributed by atoms with Gasteiger partial charge in [0, 0.05) is 23.6 Å². The molecule has 31 heavy (non-hydrogen) atoms. The molecule has 0 N–H and O–H groups in total. The summed E-state index contributed by atoms with van der Waals surface area (Å²) in [5.41, 5.74) is 5.00. The highest BCUT2D eigenvalue weighted by atomic mass is 35.5. The maximum absolute atomic E-state index is 13.7. The van der Waals surface area contributed by atoms with E-state index in [1.54, 1.807) is 0 Å². The number of hydrogen-bond acceptors (Lipinski definition) is 2. The molecule has 2 nitrogen and oxygen atoms in total. The lowest BCUT2D eigenvalue weighted by Crippen LogP contribution is -2.13. The van der Waals surface area contributed by atoms with Crippen LogP contribution < -0.4 is 4.74 Å². The summed E-state index contributed by atoms with van der Waals surface area (Å²) in [6.07, 6.45) is 2.13. The molecule has 1 aliphatic rings. The molecule has 0 bridgehead atoms. The molecule has 1 unspecified atom stereocenters. The third kappa shape index (κ3) is 4.58. The van der Waals surface area contributed by atoms with Crippen LogP contribution in [0.1, 0.15) is 28.2 Å². The van der Waals surface area contributed by atoms with Crippen molar-refractivity contribution in [3.63, 3.8) is 0 Å². The van der Waals surface area contributed by atoms with Gasteiger partial charge in [-0.3, -0.25) is 0 Å². The Morgan fingerprint density at radius 2 is 1.65 bits per heavy atom. The van der Waals surface area contributed by atoms with Crippen molar-refractivity contribution in [3.8, 4) is 5.75 Å². The number of aryl methyl sites for hydroxylation is 1. The van der Waals surface area contributed by atoms with E-state index in [1.807, 2.05) is 68.7 Å². The molecule has 0 fully saturated rings. The second-order valence-electron chi connectivity index (χ2n) is 8.06. The Balaban J connectivity index is 1.97. The average molecular weight is 434 g/mol. The Bertz CT molecular complexity index is 1130. The lowest BCUT2D eigenvalue weighted by atomic mass is 9.83. The highest BCUT2D eigenvalue weighted by molar-refractivity contribution is 6.35. The minimum atomic E-state index is -0.261. The number of hydrogen-bond donors (Lipinski definition) is 0. The van der Waals surface area contributed by atoms with Crippen molar-refractivity contribution in [3.05, 3.63) is 118 Å². The predicted octanol–water partition coefficient (Wildman–Crippen LogP) is 6.75. The van der Waals surface area contributed by atoms with Crippen LogP contribution in [0.5, 0.6) is 5.75 Å². The summed E-state index contributed by atoms with van der Waals surface area (Å²) in [5.74, 6) is 0.942. The van der Waals surface area contributed by atoms with E-state index >= 15 is 0 Å². The summed E-state index contributed by atoms with van der Waals surface area (Å²) in [6, 6.07) is 22.7. The summed E-state index contributed by atoms with van der Waals surface area (Å²) in [6.45, 7) is 2.77. The molecule has 0 spiro atoms. The van der Waals surface area contributed by atoms with Crippen LogP contribution in [-0.4, -0.2) is 25.5 Å². The Morgan fingerprint density at radius 3 is 2.32 bits per heavy atom. The zero-order valence-electron chi connectivity index (χ0n) is 17.9. The molecule has 0 saturated heterocycles. The number of likely N-dealkylation sites (N-methyl/N-ethyl adjacent to an activating group) is 1. The van der Waals surface area contributed by atoms with E-state index in [2.05, 4.69) is 24.0 Å².